The molecule has 172 valence electrons. The van der Waals surface area contributed by atoms with E-state index in [-0.39, 0.29) is 38.1 Å². The molecule has 0 fully saturated rings. The minimum absolute atomic E-state index is 0.00862. The molecule has 0 radical (unpaired) electrons. The summed E-state index contributed by atoms with van der Waals surface area (Å²) in [6.45, 7) is 2.54. The van der Waals surface area contributed by atoms with Gasteiger partial charge in [0, 0.05) is 6.07 Å². The molecule has 0 aliphatic rings. The van der Waals surface area contributed by atoms with Crippen molar-refractivity contribution in [3.63, 3.8) is 0 Å². The zero-order valence-corrected chi connectivity index (χ0v) is 19.0. The highest BCUT2D eigenvalue weighted by Gasteiger charge is 2.22. The molecule has 1 heterocycles. The van der Waals surface area contributed by atoms with Gasteiger partial charge in [-0.05, 0) is 37.7 Å². The minimum Gasteiger partial charge on any atom is -0.494 e. The molecule has 0 saturated heterocycles. The number of unbranched alkanes of at least 4 members (excludes halogenated alkanes) is 5. The summed E-state index contributed by atoms with van der Waals surface area (Å²) in [7, 11) is -2.69. The van der Waals surface area contributed by atoms with Crippen LogP contribution in [0, 0.1) is 0 Å². The molecule has 0 bridgehead atoms. The Hall–Kier alpha value is -2.91. The zero-order valence-electron chi connectivity index (χ0n) is 18.1. The van der Waals surface area contributed by atoms with Crippen LogP contribution in [0.4, 0.5) is 0 Å². The maximum Gasteiger partial charge on any atom is 0.335 e. The number of rotatable bonds is 11. The molecule has 0 atom stereocenters. The van der Waals surface area contributed by atoms with Crippen molar-refractivity contribution >= 4 is 37.9 Å². The molecule has 2 aromatic carbocycles. The number of carboxylic acid groups (broad SMARTS) is 1. The lowest BCUT2D eigenvalue weighted by molar-refractivity contribution is 0.0697. The van der Waals surface area contributed by atoms with Crippen molar-refractivity contribution < 1.29 is 27.5 Å². The molecular weight excluding hydrogens is 434 g/mol. The molecule has 1 aromatic heterocycles. The third kappa shape index (κ3) is 5.11. The lowest BCUT2D eigenvalue weighted by atomic mass is 10.1. The zero-order chi connectivity index (χ0) is 23.3. The van der Waals surface area contributed by atoms with E-state index in [0.29, 0.717) is 6.61 Å². The molecule has 9 heteroatoms. The van der Waals surface area contributed by atoms with Gasteiger partial charge < -0.3 is 14.3 Å². The van der Waals surface area contributed by atoms with Crippen LogP contribution in [0.1, 0.15) is 55.8 Å². The molecule has 0 aliphatic heterocycles. The van der Waals surface area contributed by atoms with Crippen molar-refractivity contribution in [2.45, 2.75) is 50.3 Å². The number of aromatic carboxylic acids is 1. The van der Waals surface area contributed by atoms with E-state index in [4.69, 9.17) is 9.15 Å². The van der Waals surface area contributed by atoms with Crippen molar-refractivity contribution in [2.75, 3.05) is 13.7 Å². The first kappa shape index (κ1) is 23.7. The van der Waals surface area contributed by atoms with E-state index in [1.807, 2.05) is 0 Å². The molecule has 32 heavy (non-hydrogen) atoms. The van der Waals surface area contributed by atoms with Crippen molar-refractivity contribution in [1.29, 1.82) is 0 Å². The molecule has 0 saturated carbocycles. The molecule has 0 unspecified atom stereocenters. The van der Waals surface area contributed by atoms with Crippen LogP contribution in [0.15, 0.2) is 44.4 Å². The summed E-state index contributed by atoms with van der Waals surface area (Å²) in [5.74, 6) is -0.943. The number of nitrogens with one attached hydrogen (secondary N) is 1. The summed E-state index contributed by atoms with van der Waals surface area (Å²) >= 11 is 0. The number of hydrogen-bond donors (Lipinski definition) is 2. The highest BCUT2D eigenvalue weighted by molar-refractivity contribution is 7.89. The molecule has 3 rings (SSSR count). The molecule has 0 aliphatic carbocycles. The number of sulfonamides is 1. The highest BCUT2D eigenvalue weighted by Crippen LogP contribution is 2.30. The average Bonchev–Trinajstić information content (AvgIpc) is 2.78. The summed E-state index contributed by atoms with van der Waals surface area (Å²) in [6, 6.07) is 6.65. The molecule has 0 spiro atoms. The van der Waals surface area contributed by atoms with Crippen LogP contribution in [-0.2, 0) is 10.0 Å². The van der Waals surface area contributed by atoms with Gasteiger partial charge in [-0.1, -0.05) is 39.0 Å². The van der Waals surface area contributed by atoms with E-state index in [1.165, 1.54) is 56.6 Å². The van der Waals surface area contributed by atoms with Crippen LogP contribution in [0.5, 0.6) is 5.75 Å². The second-order valence-electron chi connectivity index (χ2n) is 7.57. The van der Waals surface area contributed by atoms with Gasteiger partial charge in [0.25, 0.3) is 0 Å². The van der Waals surface area contributed by atoms with E-state index >= 15 is 0 Å². The maximum atomic E-state index is 13.1. The number of carbonyl (C=O) groups is 1. The van der Waals surface area contributed by atoms with Crippen LogP contribution in [0.3, 0.4) is 0 Å². The Morgan fingerprint density at radius 3 is 2.47 bits per heavy atom. The predicted octanol–water partition coefficient (Wildman–Crippen LogP) is 4.29. The molecular formula is C23H27NO7S. The SMILES string of the molecule is CCCCCCCCOc1cc(S(=O)(=O)NC)c2oc3ccc(C(=O)O)cc3c(=O)c2c1. The Labute approximate surface area is 186 Å². The molecule has 8 nitrogen and oxygen atoms in total. The van der Waals surface area contributed by atoms with Gasteiger partial charge in [0.1, 0.15) is 16.2 Å². The van der Waals surface area contributed by atoms with E-state index < -0.39 is 21.4 Å². The van der Waals surface area contributed by atoms with Gasteiger partial charge in [0.2, 0.25) is 15.5 Å². The van der Waals surface area contributed by atoms with Crippen LogP contribution >= 0.6 is 0 Å². The van der Waals surface area contributed by atoms with Crippen LogP contribution in [-0.4, -0.2) is 33.1 Å². The van der Waals surface area contributed by atoms with Crippen molar-refractivity contribution in [2.24, 2.45) is 0 Å². The fourth-order valence-corrected chi connectivity index (χ4v) is 4.39. The Morgan fingerprint density at radius 1 is 1.06 bits per heavy atom. The highest BCUT2D eigenvalue weighted by atomic mass is 32.2. The van der Waals surface area contributed by atoms with E-state index in [2.05, 4.69) is 11.6 Å². The lowest BCUT2D eigenvalue weighted by Crippen LogP contribution is -2.20. The van der Waals surface area contributed by atoms with E-state index in [9.17, 15) is 23.1 Å². The summed E-state index contributed by atoms with van der Waals surface area (Å²) in [6.07, 6.45) is 6.45. The van der Waals surface area contributed by atoms with Crippen LogP contribution in [0.2, 0.25) is 0 Å². The summed E-state index contributed by atoms with van der Waals surface area (Å²) < 4.78 is 39.0. The van der Waals surface area contributed by atoms with Gasteiger partial charge in [-0.15, -0.1) is 0 Å². The van der Waals surface area contributed by atoms with Gasteiger partial charge in [-0.2, -0.15) is 0 Å². The molecule has 0 amide bonds. The standard InChI is InChI=1S/C23H27NO7S/c1-3-4-5-6-7-8-11-30-16-13-18-21(25)17-12-15(23(26)27)9-10-19(17)31-22(18)20(14-16)32(28,29)24-2/h9-10,12-14,24H,3-8,11H2,1-2H3,(H,26,27). The van der Waals surface area contributed by atoms with Crippen molar-refractivity contribution in [3.8, 4) is 5.75 Å². The Morgan fingerprint density at radius 2 is 1.78 bits per heavy atom. The Bertz CT molecular complexity index is 1300. The minimum atomic E-state index is -3.96. The smallest absolute Gasteiger partial charge is 0.335 e. The fraction of sp³-hybridized carbons (Fsp3) is 0.391. The van der Waals surface area contributed by atoms with Gasteiger partial charge in [-0.3, -0.25) is 4.79 Å². The topological polar surface area (TPSA) is 123 Å². The molecule has 3 aromatic rings. The summed E-state index contributed by atoms with van der Waals surface area (Å²) in [5, 5.41) is 9.29. The van der Waals surface area contributed by atoms with Crippen molar-refractivity contribution in [3.05, 3.63) is 46.1 Å². The average molecular weight is 462 g/mol. The molecule has 2 N–H and O–H groups in total. The first-order chi connectivity index (χ1) is 15.3. The number of carboxylic acids is 1. The quantitative estimate of drug-likeness (QED) is 0.322. The van der Waals surface area contributed by atoms with E-state index in [0.717, 1.165) is 19.3 Å². The first-order valence-electron chi connectivity index (χ1n) is 10.6. The van der Waals surface area contributed by atoms with Crippen LogP contribution in [0.25, 0.3) is 21.9 Å². The number of benzene rings is 2. The monoisotopic (exact) mass is 461 g/mol. The fourth-order valence-electron chi connectivity index (χ4n) is 3.50. The number of ether oxygens (including phenoxy) is 1. The van der Waals surface area contributed by atoms with Gasteiger partial charge in [0.05, 0.1) is 22.9 Å². The maximum absolute atomic E-state index is 13.1. The van der Waals surface area contributed by atoms with Gasteiger partial charge in [0.15, 0.2) is 5.58 Å². The third-order valence-electron chi connectivity index (χ3n) is 5.28. The lowest BCUT2D eigenvalue weighted by Gasteiger charge is -2.12. The number of hydrogen-bond acceptors (Lipinski definition) is 6. The van der Waals surface area contributed by atoms with Crippen molar-refractivity contribution in [1.82, 2.24) is 4.72 Å². The predicted molar refractivity (Wildman–Crippen MR) is 122 cm³/mol. The van der Waals surface area contributed by atoms with Gasteiger partial charge in [-0.25, -0.2) is 17.9 Å². The Balaban J connectivity index is 2.04. The van der Waals surface area contributed by atoms with Crippen LogP contribution < -0.4 is 14.9 Å². The number of fused-ring (bicyclic) bond motifs is 2. The second-order valence-corrected chi connectivity index (χ2v) is 9.42. The summed E-state index contributed by atoms with van der Waals surface area (Å²) in [5.41, 5.74) is -0.600. The third-order valence-corrected chi connectivity index (χ3v) is 6.70. The first-order valence-corrected chi connectivity index (χ1v) is 12.1. The van der Waals surface area contributed by atoms with E-state index in [1.54, 1.807) is 0 Å². The van der Waals surface area contributed by atoms with Gasteiger partial charge >= 0.3 is 5.97 Å². The summed E-state index contributed by atoms with van der Waals surface area (Å²) in [4.78, 5) is 24.2. The largest absolute Gasteiger partial charge is 0.494 e. The Kier molecular flexibility index (Phi) is 7.52. The second kappa shape index (κ2) is 10.1. The normalized spacial score (nSPS) is 11.8.